The lowest BCUT2D eigenvalue weighted by atomic mass is 10.1. The van der Waals surface area contributed by atoms with E-state index < -0.39 is 29.7 Å². The molecule has 0 aromatic heterocycles. The van der Waals surface area contributed by atoms with E-state index in [0.717, 1.165) is 12.1 Å². The number of carbonyl (C=O) groups is 2. The number of hydrogen-bond acceptors (Lipinski definition) is 2. The van der Waals surface area contributed by atoms with Crippen molar-refractivity contribution in [2.45, 2.75) is 25.7 Å². The summed E-state index contributed by atoms with van der Waals surface area (Å²) in [5, 5.41) is 7.63. The third-order valence-electron chi connectivity index (χ3n) is 3.52. The second-order valence-corrected chi connectivity index (χ2v) is 5.60. The molecule has 1 atom stereocenters. The summed E-state index contributed by atoms with van der Waals surface area (Å²) in [6.45, 7) is 1.57. The normalized spacial score (nSPS) is 12.2. The van der Waals surface area contributed by atoms with Gasteiger partial charge in [0.05, 0.1) is 5.56 Å². The number of amides is 3. The van der Waals surface area contributed by atoms with E-state index in [1.165, 1.54) is 19.1 Å². The third kappa shape index (κ3) is 5.80. The summed E-state index contributed by atoms with van der Waals surface area (Å²) in [6, 6.07) is 11.9. The Bertz CT molecular complexity index is 747. The van der Waals surface area contributed by atoms with Crippen molar-refractivity contribution in [1.29, 1.82) is 0 Å². The average Bonchev–Trinajstić information content (AvgIpc) is 2.60. The molecule has 5 nitrogen and oxygen atoms in total. The van der Waals surface area contributed by atoms with Gasteiger partial charge in [0, 0.05) is 12.2 Å². The molecule has 0 radical (unpaired) electrons. The largest absolute Gasteiger partial charge is 0.416 e. The van der Waals surface area contributed by atoms with Crippen molar-refractivity contribution in [3.05, 3.63) is 65.7 Å². The summed E-state index contributed by atoms with van der Waals surface area (Å²) in [6.07, 6.45) is -4.40. The summed E-state index contributed by atoms with van der Waals surface area (Å²) in [5.74, 6) is -0.451. The average molecular weight is 365 g/mol. The van der Waals surface area contributed by atoms with E-state index in [1.807, 2.05) is 0 Å². The van der Waals surface area contributed by atoms with Crippen molar-refractivity contribution in [2.24, 2.45) is 0 Å². The molecule has 3 N–H and O–H groups in total. The lowest BCUT2D eigenvalue weighted by molar-refractivity contribution is -0.137. The van der Waals surface area contributed by atoms with Crippen molar-refractivity contribution in [1.82, 2.24) is 10.6 Å². The second kappa shape index (κ2) is 8.37. The van der Waals surface area contributed by atoms with E-state index in [-0.39, 0.29) is 6.54 Å². The zero-order chi connectivity index (χ0) is 19.2. The first-order chi connectivity index (χ1) is 12.3. The highest BCUT2D eigenvalue weighted by molar-refractivity contribution is 5.93. The van der Waals surface area contributed by atoms with Crippen LogP contribution in [0, 0.1) is 0 Å². The fraction of sp³-hybridized carbons (Fsp3) is 0.222. The van der Waals surface area contributed by atoms with Gasteiger partial charge < -0.3 is 16.0 Å². The molecule has 2 aromatic rings. The molecule has 0 aliphatic carbocycles. The van der Waals surface area contributed by atoms with Gasteiger partial charge in [0.2, 0.25) is 5.91 Å². The Morgan fingerprint density at radius 1 is 1.00 bits per heavy atom. The number of rotatable bonds is 5. The van der Waals surface area contributed by atoms with E-state index in [2.05, 4.69) is 16.0 Å². The predicted octanol–water partition coefficient (Wildman–Crippen LogP) is 3.53. The zero-order valence-electron chi connectivity index (χ0n) is 13.9. The fourth-order valence-electron chi connectivity index (χ4n) is 2.10. The van der Waals surface area contributed by atoms with Crippen LogP contribution in [-0.4, -0.2) is 18.0 Å². The number of alkyl halides is 3. The van der Waals surface area contributed by atoms with Gasteiger partial charge in [0.1, 0.15) is 6.04 Å². The minimum absolute atomic E-state index is 0.0588. The lowest BCUT2D eigenvalue weighted by Gasteiger charge is -2.15. The predicted molar refractivity (Wildman–Crippen MR) is 91.3 cm³/mol. The molecule has 138 valence electrons. The molecule has 8 heteroatoms. The highest BCUT2D eigenvalue weighted by atomic mass is 19.4. The van der Waals surface area contributed by atoms with Crippen LogP contribution in [0.25, 0.3) is 0 Å². The van der Waals surface area contributed by atoms with E-state index in [1.54, 1.807) is 30.3 Å². The maximum Gasteiger partial charge on any atom is 0.416 e. The number of benzene rings is 2. The van der Waals surface area contributed by atoms with Crippen LogP contribution in [0.4, 0.5) is 23.7 Å². The van der Waals surface area contributed by atoms with Crippen LogP contribution in [0.5, 0.6) is 0 Å². The molecule has 2 rings (SSSR count). The molecular weight excluding hydrogens is 347 g/mol. The number of nitrogens with one attached hydrogen (secondary N) is 3. The maximum absolute atomic E-state index is 12.5. The molecule has 0 fully saturated rings. The van der Waals surface area contributed by atoms with Gasteiger partial charge in [0.25, 0.3) is 0 Å². The van der Waals surface area contributed by atoms with Crippen molar-refractivity contribution in [2.75, 3.05) is 5.32 Å². The Kier molecular flexibility index (Phi) is 6.21. The van der Waals surface area contributed by atoms with Crippen LogP contribution >= 0.6 is 0 Å². The summed E-state index contributed by atoms with van der Waals surface area (Å²) < 4.78 is 37.5. The number of urea groups is 1. The van der Waals surface area contributed by atoms with E-state index in [4.69, 9.17) is 0 Å². The molecule has 26 heavy (non-hydrogen) atoms. The van der Waals surface area contributed by atoms with E-state index >= 15 is 0 Å². The number of para-hydroxylation sites is 1. The van der Waals surface area contributed by atoms with E-state index in [0.29, 0.717) is 11.3 Å². The van der Waals surface area contributed by atoms with Gasteiger partial charge in [-0.15, -0.1) is 0 Å². The van der Waals surface area contributed by atoms with Gasteiger partial charge in [-0.3, -0.25) is 4.79 Å². The number of anilines is 1. The molecule has 1 unspecified atom stereocenters. The first kappa shape index (κ1) is 19.3. The SMILES string of the molecule is CC(NC(=O)Nc1ccccc1)C(=O)NCc1ccc(C(F)(F)F)cc1. The number of hydrogen-bond donors (Lipinski definition) is 3. The number of halogens is 3. The summed E-state index contributed by atoms with van der Waals surface area (Å²) in [4.78, 5) is 23.8. The van der Waals surface area contributed by atoms with Crippen LogP contribution in [-0.2, 0) is 17.5 Å². The van der Waals surface area contributed by atoms with Crippen molar-refractivity contribution in [3.8, 4) is 0 Å². The molecule has 0 aliphatic heterocycles. The molecule has 0 saturated heterocycles. The zero-order valence-corrected chi connectivity index (χ0v) is 13.9. The Morgan fingerprint density at radius 3 is 2.19 bits per heavy atom. The molecule has 3 amide bonds. The monoisotopic (exact) mass is 365 g/mol. The number of carbonyl (C=O) groups excluding carboxylic acids is 2. The topological polar surface area (TPSA) is 70.2 Å². The molecule has 0 spiro atoms. The molecule has 0 saturated carbocycles. The molecule has 0 aliphatic rings. The minimum Gasteiger partial charge on any atom is -0.350 e. The Hall–Kier alpha value is -3.03. The van der Waals surface area contributed by atoms with E-state index in [9.17, 15) is 22.8 Å². The van der Waals surface area contributed by atoms with Gasteiger partial charge >= 0.3 is 12.2 Å². The first-order valence-electron chi connectivity index (χ1n) is 7.82. The van der Waals surface area contributed by atoms with Crippen LogP contribution in [0.2, 0.25) is 0 Å². The third-order valence-corrected chi connectivity index (χ3v) is 3.52. The Labute approximate surface area is 148 Å². The maximum atomic E-state index is 12.5. The Morgan fingerprint density at radius 2 is 1.62 bits per heavy atom. The highest BCUT2D eigenvalue weighted by Crippen LogP contribution is 2.29. The van der Waals surface area contributed by atoms with Crippen molar-refractivity contribution >= 4 is 17.6 Å². The van der Waals surface area contributed by atoms with Crippen LogP contribution < -0.4 is 16.0 Å². The van der Waals surface area contributed by atoms with Crippen molar-refractivity contribution in [3.63, 3.8) is 0 Å². The minimum atomic E-state index is -4.40. The van der Waals surface area contributed by atoms with Gasteiger partial charge in [-0.2, -0.15) is 13.2 Å². The summed E-state index contributed by atoms with van der Waals surface area (Å²) in [5.41, 5.74) is 0.356. The quantitative estimate of drug-likeness (QED) is 0.759. The molecule has 2 aromatic carbocycles. The van der Waals surface area contributed by atoms with Gasteiger partial charge in [-0.25, -0.2) is 4.79 Å². The Balaban J connectivity index is 1.80. The van der Waals surface area contributed by atoms with Crippen LogP contribution in [0.1, 0.15) is 18.1 Å². The standard InChI is InChI=1S/C18H18F3N3O2/c1-12(23-17(26)24-15-5-3-2-4-6-15)16(25)22-11-13-7-9-14(10-8-13)18(19,20)21/h2-10,12H,11H2,1H3,(H,22,25)(H2,23,24,26). The smallest absolute Gasteiger partial charge is 0.350 e. The van der Waals surface area contributed by atoms with Gasteiger partial charge in [0.15, 0.2) is 0 Å². The highest BCUT2D eigenvalue weighted by Gasteiger charge is 2.29. The van der Waals surface area contributed by atoms with Gasteiger partial charge in [-0.05, 0) is 36.8 Å². The molecular formula is C18H18F3N3O2. The summed E-state index contributed by atoms with van der Waals surface area (Å²) >= 11 is 0. The second-order valence-electron chi connectivity index (χ2n) is 5.60. The van der Waals surface area contributed by atoms with Crippen LogP contribution in [0.15, 0.2) is 54.6 Å². The lowest BCUT2D eigenvalue weighted by Crippen LogP contribution is -2.46. The fourth-order valence-corrected chi connectivity index (χ4v) is 2.10. The molecule has 0 heterocycles. The van der Waals surface area contributed by atoms with Gasteiger partial charge in [-0.1, -0.05) is 30.3 Å². The summed E-state index contributed by atoms with van der Waals surface area (Å²) in [7, 11) is 0. The van der Waals surface area contributed by atoms with Crippen LogP contribution in [0.3, 0.4) is 0 Å². The molecule has 0 bridgehead atoms. The first-order valence-corrected chi connectivity index (χ1v) is 7.82. The van der Waals surface area contributed by atoms with Crippen molar-refractivity contribution < 1.29 is 22.8 Å².